The average Bonchev–Trinajstić information content (AvgIpc) is 3.03. The van der Waals surface area contributed by atoms with Crippen molar-refractivity contribution in [2.45, 2.75) is 51.0 Å². The largest absolute Gasteiger partial charge is 0.455 e. The van der Waals surface area contributed by atoms with Gasteiger partial charge in [-0.25, -0.2) is 9.97 Å². The Bertz CT molecular complexity index is 691. The van der Waals surface area contributed by atoms with Crippen LogP contribution in [-0.2, 0) is 11.8 Å². The second-order valence-electron chi connectivity index (χ2n) is 7.02. The highest BCUT2D eigenvalue weighted by Gasteiger charge is 2.35. The van der Waals surface area contributed by atoms with E-state index < -0.39 is 0 Å². The highest BCUT2D eigenvalue weighted by molar-refractivity contribution is 5.88. The van der Waals surface area contributed by atoms with Crippen LogP contribution in [0, 0.1) is 0 Å². The highest BCUT2D eigenvalue weighted by atomic mass is 16.3. The van der Waals surface area contributed by atoms with Gasteiger partial charge in [0, 0.05) is 30.1 Å². The van der Waals surface area contributed by atoms with Crippen molar-refractivity contribution in [3.05, 3.63) is 17.7 Å². The Kier molecular flexibility index (Phi) is 2.76. The van der Waals surface area contributed by atoms with Gasteiger partial charge in [0.2, 0.25) is 0 Å². The van der Waals surface area contributed by atoms with Crippen LogP contribution in [0.1, 0.15) is 44.4 Å². The fraction of sp³-hybridized carbons (Fsp3) is 0.625. The van der Waals surface area contributed by atoms with Gasteiger partial charge in [-0.15, -0.1) is 0 Å². The van der Waals surface area contributed by atoms with E-state index in [0.29, 0.717) is 0 Å². The number of hydrogen-bond donors (Lipinski definition) is 1. The maximum atomic E-state index is 6.28. The molecule has 0 saturated carbocycles. The topological polar surface area (TPSA) is 68.2 Å². The minimum Gasteiger partial charge on any atom is -0.455 e. The van der Waals surface area contributed by atoms with Crippen LogP contribution in [-0.4, -0.2) is 29.1 Å². The molecule has 0 spiro atoms. The first-order valence-corrected chi connectivity index (χ1v) is 7.83. The Balaban J connectivity index is 1.89. The van der Waals surface area contributed by atoms with E-state index in [4.69, 9.17) is 10.2 Å². The van der Waals surface area contributed by atoms with Crippen molar-refractivity contribution in [3.8, 4) is 0 Å². The van der Waals surface area contributed by atoms with Crippen molar-refractivity contribution < 1.29 is 4.42 Å². The molecule has 1 fully saturated rings. The Labute approximate surface area is 124 Å². The number of fused-ring (bicyclic) bond motifs is 3. The van der Waals surface area contributed by atoms with Gasteiger partial charge in [0.15, 0.2) is 11.4 Å². The van der Waals surface area contributed by atoms with Crippen LogP contribution in [0.2, 0.25) is 0 Å². The normalized spacial score (nSPS) is 24.5. The zero-order chi connectivity index (χ0) is 14.6. The highest BCUT2D eigenvalue weighted by Crippen LogP contribution is 2.43. The molecule has 0 unspecified atom stereocenters. The Morgan fingerprint density at radius 2 is 2.24 bits per heavy atom. The summed E-state index contributed by atoms with van der Waals surface area (Å²) in [5.74, 6) is 2.02. The van der Waals surface area contributed by atoms with Crippen molar-refractivity contribution in [2.24, 2.45) is 5.73 Å². The third-order valence-electron chi connectivity index (χ3n) is 4.92. The number of furan rings is 1. The van der Waals surface area contributed by atoms with Crippen LogP contribution in [0.5, 0.6) is 0 Å². The Hall–Kier alpha value is -1.62. The predicted molar refractivity (Wildman–Crippen MR) is 82.6 cm³/mol. The van der Waals surface area contributed by atoms with E-state index in [-0.39, 0.29) is 11.5 Å². The van der Waals surface area contributed by atoms with Gasteiger partial charge in [0.1, 0.15) is 17.6 Å². The molecule has 1 aliphatic heterocycles. The fourth-order valence-corrected chi connectivity index (χ4v) is 3.75. The van der Waals surface area contributed by atoms with Gasteiger partial charge < -0.3 is 15.1 Å². The van der Waals surface area contributed by atoms with E-state index in [1.807, 2.05) is 0 Å². The van der Waals surface area contributed by atoms with Crippen LogP contribution in [0.3, 0.4) is 0 Å². The monoisotopic (exact) mass is 286 g/mol. The van der Waals surface area contributed by atoms with Gasteiger partial charge in [-0.05, 0) is 25.7 Å². The minimum atomic E-state index is 0.0902. The van der Waals surface area contributed by atoms with Gasteiger partial charge in [-0.2, -0.15) is 0 Å². The van der Waals surface area contributed by atoms with E-state index in [1.54, 1.807) is 6.33 Å². The molecule has 1 saturated heterocycles. The molecule has 0 aromatic carbocycles. The predicted octanol–water partition coefficient (Wildman–Crippen LogP) is 2.37. The van der Waals surface area contributed by atoms with Crippen molar-refractivity contribution in [2.75, 3.05) is 18.0 Å². The van der Waals surface area contributed by atoms with Gasteiger partial charge >= 0.3 is 0 Å². The summed E-state index contributed by atoms with van der Waals surface area (Å²) in [4.78, 5) is 11.2. The summed E-state index contributed by atoms with van der Waals surface area (Å²) < 4.78 is 6.28. The number of aromatic nitrogens is 2. The molecular weight excluding hydrogens is 264 g/mol. The Morgan fingerprint density at radius 3 is 3.00 bits per heavy atom. The number of nitrogens with two attached hydrogens (primary N) is 1. The lowest BCUT2D eigenvalue weighted by Crippen LogP contribution is -2.27. The molecule has 2 aromatic heterocycles. The SMILES string of the molecule is CC1(C)CCCc2c1oc1c(N3CC[C@H](N)C3)ncnc21. The van der Waals surface area contributed by atoms with Crippen LogP contribution in [0.4, 0.5) is 5.82 Å². The molecule has 5 heteroatoms. The zero-order valence-corrected chi connectivity index (χ0v) is 12.7. The molecule has 112 valence electrons. The lowest BCUT2D eigenvalue weighted by atomic mass is 9.77. The van der Waals surface area contributed by atoms with Crippen molar-refractivity contribution >= 4 is 16.9 Å². The molecule has 21 heavy (non-hydrogen) atoms. The first-order chi connectivity index (χ1) is 10.1. The smallest absolute Gasteiger partial charge is 0.195 e. The van der Waals surface area contributed by atoms with Crippen LogP contribution in [0.15, 0.2) is 10.7 Å². The zero-order valence-electron chi connectivity index (χ0n) is 12.7. The van der Waals surface area contributed by atoms with Crippen LogP contribution >= 0.6 is 0 Å². The number of hydrogen-bond acceptors (Lipinski definition) is 5. The number of anilines is 1. The molecule has 0 amide bonds. The van der Waals surface area contributed by atoms with Crippen molar-refractivity contribution in [1.82, 2.24) is 9.97 Å². The Morgan fingerprint density at radius 1 is 1.38 bits per heavy atom. The summed E-state index contributed by atoms with van der Waals surface area (Å²) in [6.45, 7) is 6.31. The summed E-state index contributed by atoms with van der Waals surface area (Å²) in [6, 6.07) is 0.232. The molecule has 2 aliphatic rings. The summed E-state index contributed by atoms with van der Waals surface area (Å²) in [5, 5.41) is 0. The third-order valence-corrected chi connectivity index (χ3v) is 4.92. The number of aryl methyl sites for hydroxylation is 1. The van der Waals surface area contributed by atoms with E-state index in [0.717, 1.165) is 55.0 Å². The lowest BCUT2D eigenvalue weighted by molar-refractivity contribution is 0.345. The summed E-state index contributed by atoms with van der Waals surface area (Å²) >= 11 is 0. The van der Waals surface area contributed by atoms with Gasteiger partial charge in [-0.1, -0.05) is 13.8 Å². The molecule has 1 aliphatic carbocycles. The van der Waals surface area contributed by atoms with Crippen LogP contribution < -0.4 is 10.6 Å². The van der Waals surface area contributed by atoms with E-state index in [2.05, 4.69) is 28.7 Å². The molecular formula is C16H22N4O. The fourth-order valence-electron chi connectivity index (χ4n) is 3.75. The van der Waals surface area contributed by atoms with Gasteiger partial charge in [-0.3, -0.25) is 0 Å². The van der Waals surface area contributed by atoms with E-state index in [9.17, 15) is 0 Å². The van der Waals surface area contributed by atoms with E-state index in [1.165, 1.54) is 12.0 Å². The first kappa shape index (κ1) is 13.1. The molecule has 4 rings (SSSR count). The summed E-state index contributed by atoms with van der Waals surface area (Å²) in [5.41, 5.74) is 9.26. The standard InChI is InChI=1S/C16H22N4O/c1-16(2)6-3-4-11-12-13(21-14(11)16)15(19-9-18-12)20-7-5-10(17)8-20/h9-10H,3-8,17H2,1-2H3/t10-/m0/s1. The average molecular weight is 286 g/mol. The molecule has 3 heterocycles. The summed E-state index contributed by atoms with van der Waals surface area (Å²) in [6.07, 6.45) is 6.10. The minimum absolute atomic E-state index is 0.0902. The second kappa shape index (κ2) is 4.44. The molecule has 5 nitrogen and oxygen atoms in total. The molecule has 2 aromatic rings. The number of rotatable bonds is 1. The summed E-state index contributed by atoms with van der Waals surface area (Å²) in [7, 11) is 0. The maximum Gasteiger partial charge on any atom is 0.195 e. The molecule has 1 atom stereocenters. The maximum absolute atomic E-state index is 6.28. The van der Waals surface area contributed by atoms with Crippen molar-refractivity contribution in [1.29, 1.82) is 0 Å². The first-order valence-electron chi connectivity index (χ1n) is 7.83. The van der Waals surface area contributed by atoms with Gasteiger partial charge in [0.05, 0.1) is 0 Å². The van der Waals surface area contributed by atoms with Crippen LogP contribution in [0.25, 0.3) is 11.1 Å². The molecule has 0 bridgehead atoms. The second-order valence-corrected chi connectivity index (χ2v) is 7.02. The van der Waals surface area contributed by atoms with E-state index >= 15 is 0 Å². The van der Waals surface area contributed by atoms with Gasteiger partial charge in [0.25, 0.3) is 0 Å². The molecule has 0 radical (unpaired) electrons. The van der Waals surface area contributed by atoms with Crippen molar-refractivity contribution in [3.63, 3.8) is 0 Å². The molecule has 2 N–H and O–H groups in total. The number of nitrogens with zero attached hydrogens (tertiary/aromatic N) is 3. The quantitative estimate of drug-likeness (QED) is 0.871. The lowest BCUT2D eigenvalue weighted by Gasteiger charge is -2.27. The third kappa shape index (κ3) is 1.94.